The molecule has 2 aliphatic heterocycles. The van der Waals surface area contributed by atoms with Gasteiger partial charge in [0, 0.05) is 29.8 Å². The Balaban J connectivity index is 0.000000447. The van der Waals surface area contributed by atoms with E-state index in [4.69, 9.17) is 9.90 Å². The van der Waals surface area contributed by atoms with Crippen LogP contribution < -0.4 is 4.90 Å². The third-order valence-corrected chi connectivity index (χ3v) is 5.83. The lowest BCUT2D eigenvalue weighted by molar-refractivity contribution is -0.134. The summed E-state index contributed by atoms with van der Waals surface area (Å²) in [5, 5.41) is 7.42. The Labute approximate surface area is 159 Å². The maximum Gasteiger partial charge on any atom is 0.300 e. The smallest absolute Gasteiger partial charge is 0.300 e. The highest BCUT2D eigenvalue weighted by atomic mass is 32.2. The van der Waals surface area contributed by atoms with Crippen LogP contribution in [-0.2, 0) is 4.79 Å². The summed E-state index contributed by atoms with van der Waals surface area (Å²) in [7, 11) is 2.25. The van der Waals surface area contributed by atoms with Gasteiger partial charge in [-0.2, -0.15) is 0 Å². The molecule has 26 heavy (non-hydrogen) atoms. The number of rotatable bonds is 2. The average molecular weight is 371 g/mol. The van der Waals surface area contributed by atoms with Gasteiger partial charge in [0.25, 0.3) is 5.97 Å². The van der Waals surface area contributed by atoms with Crippen LogP contribution in [0.5, 0.6) is 0 Å². The van der Waals surface area contributed by atoms with E-state index in [1.807, 2.05) is 11.8 Å². The first kappa shape index (κ1) is 18.8. The van der Waals surface area contributed by atoms with Crippen LogP contribution in [0.1, 0.15) is 19.8 Å². The molecule has 2 aromatic carbocycles. The number of carbonyl (C=O) groups is 1. The minimum atomic E-state index is -0.833. The van der Waals surface area contributed by atoms with Crippen LogP contribution in [0.25, 0.3) is 0 Å². The lowest BCUT2D eigenvalue weighted by Gasteiger charge is -2.38. The summed E-state index contributed by atoms with van der Waals surface area (Å²) in [6, 6.07) is 17.6. The van der Waals surface area contributed by atoms with Gasteiger partial charge in [0.1, 0.15) is 0 Å². The molecule has 2 aliphatic rings. The van der Waals surface area contributed by atoms with E-state index in [0.717, 1.165) is 19.4 Å². The lowest BCUT2D eigenvalue weighted by Crippen LogP contribution is -2.38. The van der Waals surface area contributed by atoms with Gasteiger partial charge in [0.2, 0.25) is 0 Å². The lowest BCUT2D eigenvalue weighted by atomic mass is 9.97. The summed E-state index contributed by atoms with van der Waals surface area (Å²) in [6.07, 6.45) is 2.67. The fourth-order valence-electron chi connectivity index (χ4n) is 3.66. The van der Waals surface area contributed by atoms with Gasteiger partial charge in [-0.3, -0.25) is 4.79 Å². The highest BCUT2D eigenvalue weighted by Crippen LogP contribution is 2.48. The van der Waals surface area contributed by atoms with Crippen molar-refractivity contribution in [2.75, 3.05) is 31.6 Å². The number of hydrogen-bond acceptors (Lipinski definition) is 4. The number of hydrogen-bond donors (Lipinski definition) is 1. The van der Waals surface area contributed by atoms with E-state index >= 15 is 0 Å². The fraction of sp³-hybridized carbons (Fsp3) is 0.381. The molecule has 0 aromatic heterocycles. The van der Waals surface area contributed by atoms with E-state index in [-0.39, 0.29) is 0 Å². The molecular formula is C21H26N2O2S. The van der Waals surface area contributed by atoms with Crippen molar-refractivity contribution in [1.29, 1.82) is 0 Å². The van der Waals surface area contributed by atoms with Crippen molar-refractivity contribution in [1.82, 2.24) is 4.90 Å². The van der Waals surface area contributed by atoms with Crippen LogP contribution in [0.2, 0.25) is 0 Å². The van der Waals surface area contributed by atoms with E-state index in [2.05, 4.69) is 65.4 Å². The summed E-state index contributed by atoms with van der Waals surface area (Å²) in [4.78, 5) is 16.8. The Morgan fingerprint density at radius 2 is 1.65 bits per heavy atom. The van der Waals surface area contributed by atoms with Gasteiger partial charge in [-0.15, -0.1) is 0 Å². The van der Waals surface area contributed by atoms with Gasteiger partial charge in [-0.25, -0.2) is 0 Å². The Hall–Kier alpha value is -1.98. The monoisotopic (exact) mass is 370 g/mol. The van der Waals surface area contributed by atoms with Gasteiger partial charge in [-0.05, 0) is 56.6 Å². The molecule has 1 N–H and O–H groups in total. The number of carboxylic acid groups (broad SMARTS) is 1. The molecule has 0 radical (unpaired) electrons. The third-order valence-electron chi connectivity index (χ3n) is 4.69. The molecule has 1 saturated heterocycles. The summed E-state index contributed by atoms with van der Waals surface area (Å²) in [6.45, 7) is 4.67. The number of para-hydroxylation sites is 2. The highest BCUT2D eigenvalue weighted by Gasteiger charge is 2.26. The minimum Gasteiger partial charge on any atom is -0.481 e. The number of piperidine rings is 1. The van der Waals surface area contributed by atoms with E-state index < -0.39 is 5.97 Å². The second-order valence-electron chi connectivity index (χ2n) is 6.94. The van der Waals surface area contributed by atoms with Crippen LogP contribution in [0, 0.1) is 5.92 Å². The molecule has 1 unspecified atom stereocenters. The molecule has 0 amide bonds. The molecular weight excluding hydrogens is 344 g/mol. The Kier molecular flexibility index (Phi) is 6.22. The van der Waals surface area contributed by atoms with Crippen molar-refractivity contribution in [3.8, 4) is 0 Å². The van der Waals surface area contributed by atoms with E-state index in [9.17, 15) is 0 Å². The Bertz CT molecular complexity index is 716. The highest BCUT2D eigenvalue weighted by molar-refractivity contribution is 7.99. The second-order valence-corrected chi connectivity index (χ2v) is 8.02. The van der Waals surface area contributed by atoms with Crippen LogP contribution >= 0.6 is 11.8 Å². The predicted octanol–water partition coefficient (Wildman–Crippen LogP) is 4.72. The number of likely N-dealkylation sites (tertiary alicyclic amines) is 1. The number of aliphatic carboxylic acids is 1. The molecule has 1 atom stereocenters. The van der Waals surface area contributed by atoms with E-state index in [1.165, 1.54) is 47.1 Å². The number of anilines is 2. The van der Waals surface area contributed by atoms with Crippen LogP contribution in [0.4, 0.5) is 11.4 Å². The molecule has 2 aromatic rings. The molecule has 2 heterocycles. The molecule has 0 saturated carbocycles. The number of benzene rings is 2. The fourth-order valence-corrected chi connectivity index (χ4v) is 4.75. The number of nitrogens with zero attached hydrogens (tertiary/aromatic N) is 2. The summed E-state index contributed by atoms with van der Waals surface area (Å²) in [5.41, 5.74) is 2.75. The molecule has 138 valence electrons. The van der Waals surface area contributed by atoms with Gasteiger partial charge in [0.15, 0.2) is 0 Å². The zero-order valence-electron chi connectivity index (χ0n) is 15.4. The quantitative estimate of drug-likeness (QED) is 0.828. The third kappa shape index (κ3) is 4.59. The first-order valence-electron chi connectivity index (χ1n) is 9.06. The topological polar surface area (TPSA) is 43.8 Å². The zero-order chi connectivity index (χ0) is 18.5. The van der Waals surface area contributed by atoms with E-state index in [0.29, 0.717) is 0 Å². The van der Waals surface area contributed by atoms with Crippen LogP contribution in [0.3, 0.4) is 0 Å². The van der Waals surface area contributed by atoms with Crippen molar-refractivity contribution in [2.24, 2.45) is 5.92 Å². The average Bonchev–Trinajstić information content (AvgIpc) is 2.61. The zero-order valence-corrected chi connectivity index (χ0v) is 16.2. The molecule has 5 heteroatoms. The molecule has 0 aliphatic carbocycles. The summed E-state index contributed by atoms with van der Waals surface area (Å²) >= 11 is 1.90. The molecule has 1 fully saturated rings. The Morgan fingerprint density at radius 1 is 1.12 bits per heavy atom. The van der Waals surface area contributed by atoms with Crippen molar-refractivity contribution < 1.29 is 9.90 Å². The Morgan fingerprint density at radius 3 is 2.19 bits per heavy atom. The number of fused-ring (bicyclic) bond motifs is 2. The van der Waals surface area contributed by atoms with Gasteiger partial charge in [-0.1, -0.05) is 36.0 Å². The van der Waals surface area contributed by atoms with Crippen molar-refractivity contribution in [3.05, 3.63) is 48.5 Å². The van der Waals surface area contributed by atoms with Gasteiger partial charge >= 0.3 is 0 Å². The molecule has 0 bridgehead atoms. The van der Waals surface area contributed by atoms with Crippen molar-refractivity contribution in [3.63, 3.8) is 0 Å². The SMILES string of the molecule is CC(=O)O.CN1CCCC(CN2c3ccccc3Sc3ccccc32)C1. The molecule has 0 spiro atoms. The first-order chi connectivity index (χ1) is 12.5. The minimum absolute atomic E-state index is 0.753. The maximum absolute atomic E-state index is 9.00. The first-order valence-corrected chi connectivity index (χ1v) is 9.88. The van der Waals surface area contributed by atoms with Crippen LogP contribution in [0.15, 0.2) is 58.3 Å². The van der Waals surface area contributed by atoms with Crippen LogP contribution in [-0.4, -0.2) is 42.7 Å². The predicted molar refractivity (Wildman–Crippen MR) is 108 cm³/mol. The largest absolute Gasteiger partial charge is 0.481 e. The summed E-state index contributed by atoms with van der Waals surface area (Å²) < 4.78 is 0. The van der Waals surface area contributed by atoms with Gasteiger partial charge in [0.05, 0.1) is 11.4 Å². The molecule has 4 rings (SSSR count). The maximum atomic E-state index is 9.00. The second kappa shape index (κ2) is 8.60. The molecule has 4 nitrogen and oxygen atoms in total. The standard InChI is InChI=1S/C19H22N2S.C2H4O2/c1-20-12-6-7-15(13-20)14-21-16-8-2-4-10-18(16)22-19-11-5-3-9-17(19)21;1-2(3)4/h2-5,8-11,15H,6-7,12-14H2,1H3;1H3,(H,3,4). The summed E-state index contributed by atoms with van der Waals surface area (Å²) in [5.74, 6) is -0.0806. The van der Waals surface area contributed by atoms with E-state index in [1.54, 1.807) is 0 Å². The van der Waals surface area contributed by atoms with Crippen molar-refractivity contribution in [2.45, 2.75) is 29.6 Å². The van der Waals surface area contributed by atoms with Crippen molar-refractivity contribution >= 4 is 29.1 Å². The normalized spacial score (nSPS) is 19.0. The number of carboxylic acids is 1. The van der Waals surface area contributed by atoms with Gasteiger partial charge < -0.3 is 14.9 Å².